The number of likely N-dealkylation sites (N-methyl/N-ethyl adjacent to an activating group) is 1. The molecule has 0 radical (unpaired) electrons. The molecule has 1 saturated carbocycles. The van der Waals surface area contributed by atoms with Crippen molar-refractivity contribution in [2.75, 3.05) is 19.0 Å². The SMILES string of the molecule is CNC(=O)COc1cc2cc(Nc3nc(Cl)ncc3Cl)cnc2n(CC2CC2)c1=O. The molecule has 4 rings (SSSR count). The second-order valence-electron chi connectivity index (χ2n) is 6.93. The van der Waals surface area contributed by atoms with Gasteiger partial charge in [-0.1, -0.05) is 11.6 Å². The first-order valence-corrected chi connectivity index (χ1v) is 10.0. The Balaban J connectivity index is 1.73. The highest BCUT2D eigenvalue weighted by Crippen LogP contribution is 2.32. The van der Waals surface area contributed by atoms with Gasteiger partial charge in [-0.15, -0.1) is 0 Å². The summed E-state index contributed by atoms with van der Waals surface area (Å²) in [4.78, 5) is 36.8. The third kappa shape index (κ3) is 4.47. The summed E-state index contributed by atoms with van der Waals surface area (Å²) in [6.45, 7) is 0.306. The zero-order chi connectivity index (χ0) is 21.3. The van der Waals surface area contributed by atoms with Gasteiger partial charge in [0.1, 0.15) is 10.7 Å². The molecule has 156 valence electrons. The van der Waals surface area contributed by atoms with E-state index in [0.29, 0.717) is 40.0 Å². The monoisotopic (exact) mass is 448 g/mol. The fourth-order valence-electron chi connectivity index (χ4n) is 2.92. The van der Waals surface area contributed by atoms with Gasteiger partial charge in [-0.2, -0.15) is 4.98 Å². The van der Waals surface area contributed by atoms with Gasteiger partial charge in [0.2, 0.25) is 5.28 Å². The lowest BCUT2D eigenvalue weighted by Gasteiger charge is -2.14. The summed E-state index contributed by atoms with van der Waals surface area (Å²) >= 11 is 12.0. The van der Waals surface area contributed by atoms with Crippen LogP contribution < -0.4 is 20.9 Å². The van der Waals surface area contributed by atoms with Crippen LogP contribution in [0.4, 0.5) is 11.5 Å². The fourth-order valence-corrected chi connectivity index (χ4v) is 3.20. The smallest absolute Gasteiger partial charge is 0.294 e. The Kier molecular flexibility index (Phi) is 5.74. The van der Waals surface area contributed by atoms with Gasteiger partial charge in [-0.3, -0.25) is 14.2 Å². The molecular formula is C19H18Cl2N6O3. The third-order valence-electron chi connectivity index (χ3n) is 4.65. The molecule has 1 aliphatic rings. The van der Waals surface area contributed by atoms with Crippen LogP contribution in [0.2, 0.25) is 10.3 Å². The van der Waals surface area contributed by atoms with Gasteiger partial charge in [-0.05, 0) is 42.5 Å². The molecule has 0 aromatic carbocycles. The van der Waals surface area contributed by atoms with Gasteiger partial charge in [-0.25, -0.2) is 9.97 Å². The van der Waals surface area contributed by atoms with Crippen LogP contribution in [0.3, 0.4) is 0 Å². The number of halogens is 2. The van der Waals surface area contributed by atoms with Crippen molar-refractivity contribution >= 4 is 51.6 Å². The summed E-state index contributed by atoms with van der Waals surface area (Å²) in [7, 11) is 1.50. The highest BCUT2D eigenvalue weighted by Gasteiger charge is 2.24. The molecule has 0 saturated heterocycles. The summed E-state index contributed by atoms with van der Waals surface area (Å²) in [5.74, 6) is 0.544. The average Bonchev–Trinajstić information content (AvgIpc) is 3.55. The van der Waals surface area contributed by atoms with Gasteiger partial charge >= 0.3 is 0 Å². The van der Waals surface area contributed by atoms with E-state index in [1.165, 1.54) is 13.2 Å². The van der Waals surface area contributed by atoms with Crippen LogP contribution in [-0.2, 0) is 11.3 Å². The Morgan fingerprint density at radius 3 is 2.80 bits per heavy atom. The van der Waals surface area contributed by atoms with Gasteiger partial charge < -0.3 is 15.4 Å². The van der Waals surface area contributed by atoms with Crippen molar-refractivity contribution in [1.29, 1.82) is 0 Å². The largest absolute Gasteiger partial charge is 0.478 e. The fraction of sp³-hybridized carbons (Fsp3) is 0.316. The molecular weight excluding hydrogens is 431 g/mol. The summed E-state index contributed by atoms with van der Waals surface area (Å²) < 4.78 is 7.08. The van der Waals surface area contributed by atoms with Crippen LogP contribution in [0.1, 0.15) is 12.8 Å². The topological polar surface area (TPSA) is 111 Å². The maximum absolute atomic E-state index is 12.9. The molecule has 3 heterocycles. The van der Waals surface area contributed by atoms with Crippen LogP contribution in [-0.4, -0.2) is 39.1 Å². The van der Waals surface area contributed by atoms with Crippen LogP contribution >= 0.6 is 23.2 Å². The lowest BCUT2D eigenvalue weighted by atomic mass is 10.2. The molecule has 0 spiro atoms. The molecule has 3 aromatic rings. The molecule has 2 N–H and O–H groups in total. The number of fused-ring (bicyclic) bond motifs is 1. The van der Waals surface area contributed by atoms with E-state index in [9.17, 15) is 9.59 Å². The zero-order valence-corrected chi connectivity index (χ0v) is 17.5. The first-order chi connectivity index (χ1) is 14.4. The molecule has 30 heavy (non-hydrogen) atoms. The van der Waals surface area contributed by atoms with Gasteiger partial charge in [0, 0.05) is 19.0 Å². The van der Waals surface area contributed by atoms with Crippen molar-refractivity contribution in [2.24, 2.45) is 5.92 Å². The maximum atomic E-state index is 12.9. The molecule has 3 aromatic heterocycles. The summed E-state index contributed by atoms with van der Waals surface area (Å²) in [6, 6.07) is 3.38. The third-order valence-corrected chi connectivity index (χ3v) is 5.10. The Labute approximate surface area is 181 Å². The minimum absolute atomic E-state index is 0.0545. The first kappa shape index (κ1) is 20.4. The minimum atomic E-state index is -0.327. The number of nitrogens with one attached hydrogen (secondary N) is 2. The highest BCUT2D eigenvalue weighted by molar-refractivity contribution is 6.33. The van der Waals surface area contributed by atoms with E-state index in [-0.39, 0.29) is 29.1 Å². The number of amides is 1. The van der Waals surface area contributed by atoms with Crippen LogP contribution in [0, 0.1) is 5.92 Å². The second-order valence-corrected chi connectivity index (χ2v) is 7.67. The van der Waals surface area contributed by atoms with E-state index in [2.05, 4.69) is 25.6 Å². The van der Waals surface area contributed by atoms with Crippen molar-refractivity contribution in [3.05, 3.63) is 45.2 Å². The van der Waals surface area contributed by atoms with E-state index < -0.39 is 0 Å². The van der Waals surface area contributed by atoms with Crippen molar-refractivity contribution < 1.29 is 9.53 Å². The predicted molar refractivity (Wildman–Crippen MR) is 114 cm³/mol. The lowest BCUT2D eigenvalue weighted by molar-refractivity contribution is -0.122. The highest BCUT2D eigenvalue weighted by atomic mass is 35.5. The lowest BCUT2D eigenvalue weighted by Crippen LogP contribution is -2.29. The van der Waals surface area contributed by atoms with Crippen LogP contribution in [0.5, 0.6) is 5.75 Å². The second kappa shape index (κ2) is 8.45. The molecule has 0 atom stereocenters. The maximum Gasteiger partial charge on any atom is 0.294 e. The van der Waals surface area contributed by atoms with Crippen molar-refractivity contribution in [1.82, 2.24) is 24.8 Å². The minimum Gasteiger partial charge on any atom is -0.478 e. The number of pyridine rings is 2. The van der Waals surface area contributed by atoms with E-state index in [0.717, 1.165) is 12.8 Å². The molecule has 11 heteroatoms. The standard InChI is InChI=1S/C19H18Cl2N6O3/c1-22-15(28)9-30-14-5-11-4-12(25-16-13(20)7-24-19(21)26-16)6-23-17(11)27(18(14)29)8-10-2-3-10/h4-7,10H,2-3,8-9H2,1H3,(H,22,28)(H,24,25,26). The van der Waals surface area contributed by atoms with Crippen LogP contribution in [0.15, 0.2) is 29.3 Å². The van der Waals surface area contributed by atoms with Crippen molar-refractivity contribution in [3.8, 4) is 5.75 Å². The van der Waals surface area contributed by atoms with E-state index in [4.69, 9.17) is 27.9 Å². The number of aromatic nitrogens is 4. The number of carbonyl (C=O) groups is 1. The quantitative estimate of drug-likeness (QED) is 0.534. The Morgan fingerprint density at radius 1 is 1.27 bits per heavy atom. The molecule has 9 nitrogen and oxygen atoms in total. The van der Waals surface area contributed by atoms with Crippen molar-refractivity contribution in [2.45, 2.75) is 19.4 Å². The van der Waals surface area contributed by atoms with Gasteiger partial charge in [0.25, 0.3) is 11.5 Å². The molecule has 0 unspecified atom stereocenters. The van der Waals surface area contributed by atoms with E-state index in [1.54, 1.807) is 22.9 Å². The summed E-state index contributed by atoms with van der Waals surface area (Å²) in [5, 5.41) is 6.54. The molecule has 1 aliphatic carbocycles. The number of anilines is 2. The summed E-state index contributed by atoms with van der Waals surface area (Å²) in [5.41, 5.74) is 0.821. The molecule has 0 bridgehead atoms. The number of rotatable bonds is 7. The molecule has 1 fully saturated rings. The number of carbonyl (C=O) groups excluding carboxylic acids is 1. The zero-order valence-electron chi connectivity index (χ0n) is 16.0. The molecule has 1 amide bonds. The Bertz CT molecular complexity index is 1180. The van der Waals surface area contributed by atoms with E-state index >= 15 is 0 Å². The van der Waals surface area contributed by atoms with E-state index in [1.807, 2.05) is 0 Å². The number of nitrogens with zero attached hydrogens (tertiary/aromatic N) is 4. The van der Waals surface area contributed by atoms with Gasteiger partial charge in [0.15, 0.2) is 18.2 Å². The van der Waals surface area contributed by atoms with Crippen molar-refractivity contribution in [3.63, 3.8) is 0 Å². The number of hydrogen-bond acceptors (Lipinski definition) is 7. The Hall–Kier alpha value is -2.91. The number of hydrogen-bond donors (Lipinski definition) is 2. The normalized spacial score (nSPS) is 13.3. The first-order valence-electron chi connectivity index (χ1n) is 9.26. The van der Waals surface area contributed by atoms with Gasteiger partial charge in [0.05, 0.1) is 18.1 Å². The summed E-state index contributed by atoms with van der Waals surface area (Å²) in [6.07, 6.45) is 5.13. The predicted octanol–water partition coefficient (Wildman–Crippen LogP) is 2.77. The Morgan fingerprint density at radius 2 is 2.07 bits per heavy atom. The molecule has 0 aliphatic heterocycles. The number of ether oxygens (including phenoxy) is 1. The van der Waals surface area contributed by atoms with Crippen LogP contribution in [0.25, 0.3) is 11.0 Å². The average molecular weight is 449 g/mol.